The summed E-state index contributed by atoms with van der Waals surface area (Å²) in [6, 6.07) is 0. The SMILES string of the molecule is CCN=C1SC(C(=O)O)CC(=O)N1CC. The van der Waals surface area contributed by atoms with E-state index in [1.54, 1.807) is 0 Å². The quantitative estimate of drug-likeness (QED) is 0.778. The Labute approximate surface area is 92.5 Å². The minimum atomic E-state index is -0.951. The predicted octanol–water partition coefficient (Wildman–Crippen LogP) is 0.801. The first-order chi connectivity index (χ1) is 7.10. The predicted molar refractivity (Wildman–Crippen MR) is 59.0 cm³/mol. The van der Waals surface area contributed by atoms with Crippen LogP contribution in [-0.4, -0.2) is 45.4 Å². The van der Waals surface area contributed by atoms with Gasteiger partial charge in [0.25, 0.3) is 0 Å². The second-order valence-corrected chi connectivity index (χ2v) is 4.21. The molecule has 1 unspecified atom stereocenters. The highest BCUT2D eigenvalue weighted by molar-refractivity contribution is 8.15. The van der Waals surface area contributed by atoms with Crippen LogP contribution in [0, 0.1) is 0 Å². The topological polar surface area (TPSA) is 70.0 Å². The Morgan fingerprint density at radius 2 is 2.33 bits per heavy atom. The number of aliphatic carboxylic acids is 1. The van der Waals surface area contributed by atoms with E-state index >= 15 is 0 Å². The molecule has 5 nitrogen and oxygen atoms in total. The van der Waals surface area contributed by atoms with E-state index < -0.39 is 11.2 Å². The van der Waals surface area contributed by atoms with Crippen molar-refractivity contribution in [2.45, 2.75) is 25.5 Å². The van der Waals surface area contributed by atoms with Crippen molar-refractivity contribution in [1.29, 1.82) is 0 Å². The van der Waals surface area contributed by atoms with Crippen LogP contribution in [0.25, 0.3) is 0 Å². The summed E-state index contributed by atoms with van der Waals surface area (Å²) >= 11 is 1.16. The summed E-state index contributed by atoms with van der Waals surface area (Å²) in [7, 11) is 0. The van der Waals surface area contributed by atoms with Gasteiger partial charge in [-0.15, -0.1) is 0 Å². The van der Waals surface area contributed by atoms with Crippen LogP contribution in [0.5, 0.6) is 0 Å². The smallest absolute Gasteiger partial charge is 0.317 e. The number of carboxylic acids is 1. The van der Waals surface area contributed by atoms with Crippen molar-refractivity contribution in [3.63, 3.8) is 0 Å². The van der Waals surface area contributed by atoms with Crippen molar-refractivity contribution >= 4 is 28.8 Å². The Morgan fingerprint density at radius 3 is 2.80 bits per heavy atom. The number of hydrogen-bond donors (Lipinski definition) is 1. The number of aliphatic imine (C=N–C) groups is 1. The number of thioether (sulfide) groups is 1. The number of rotatable bonds is 3. The van der Waals surface area contributed by atoms with Gasteiger partial charge in [0.1, 0.15) is 5.25 Å². The zero-order valence-corrected chi connectivity index (χ0v) is 9.58. The van der Waals surface area contributed by atoms with Gasteiger partial charge in [0.2, 0.25) is 5.91 Å². The molecule has 0 bridgehead atoms. The summed E-state index contributed by atoms with van der Waals surface area (Å²) in [6.07, 6.45) is 0.0522. The zero-order valence-electron chi connectivity index (χ0n) is 8.77. The summed E-state index contributed by atoms with van der Waals surface area (Å²) in [5.74, 6) is -1.11. The fourth-order valence-electron chi connectivity index (χ4n) is 1.32. The Balaban J connectivity index is 2.86. The summed E-state index contributed by atoms with van der Waals surface area (Å²) in [4.78, 5) is 28.1. The van der Waals surface area contributed by atoms with E-state index in [1.807, 2.05) is 13.8 Å². The third-order valence-corrected chi connectivity index (χ3v) is 3.24. The monoisotopic (exact) mass is 230 g/mol. The normalized spacial score (nSPS) is 24.7. The van der Waals surface area contributed by atoms with Crippen LogP contribution >= 0.6 is 11.8 Å². The molecule has 1 saturated heterocycles. The molecule has 84 valence electrons. The van der Waals surface area contributed by atoms with E-state index in [4.69, 9.17) is 5.11 Å². The number of nitrogens with zero attached hydrogens (tertiary/aromatic N) is 2. The van der Waals surface area contributed by atoms with Crippen LogP contribution in [0.1, 0.15) is 20.3 Å². The van der Waals surface area contributed by atoms with E-state index in [1.165, 1.54) is 4.90 Å². The van der Waals surface area contributed by atoms with Gasteiger partial charge in [-0.25, -0.2) is 0 Å². The van der Waals surface area contributed by atoms with Gasteiger partial charge in [0.15, 0.2) is 5.17 Å². The number of carbonyl (C=O) groups is 2. The van der Waals surface area contributed by atoms with E-state index in [0.717, 1.165) is 11.8 Å². The molecule has 0 aromatic carbocycles. The highest BCUT2D eigenvalue weighted by atomic mass is 32.2. The molecule has 1 rings (SSSR count). The van der Waals surface area contributed by atoms with Crippen molar-refractivity contribution in [2.75, 3.05) is 13.1 Å². The number of amidine groups is 1. The zero-order chi connectivity index (χ0) is 11.4. The molecule has 1 fully saturated rings. The number of carbonyl (C=O) groups excluding carboxylic acids is 1. The van der Waals surface area contributed by atoms with Gasteiger partial charge in [0.05, 0.1) is 6.42 Å². The van der Waals surface area contributed by atoms with E-state index in [2.05, 4.69) is 4.99 Å². The van der Waals surface area contributed by atoms with Gasteiger partial charge in [0, 0.05) is 13.1 Å². The van der Waals surface area contributed by atoms with Crippen LogP contribution in [0.2, 0.25) is 0 Å². The van der Waals surface area contributed by atoms with E-state index in [0.29, 0.717) is 18.3 Å². The average Bonchev–Trinajstić information content (AvgIpc) is 2.17. The number of amides is 1. The Morgan fingerprint density at radius 1 is 1.67 bits per heavy atom. The lowest BCUT2D eigenvalue weighted by molar-refractivity contribution is -0.139. The second kappa shape index (κ2) is 5.16. The first-order valence-electron chi connectivity index (χ1n) is 4.84. The lowest BCUT2D eigenvalue weighted by Crippen LogP contribution is -2.43. The summed E-state index contributed by atoms with van der Waals surface area (Å²) in [5.41, 5.74) is 0. The lowest BCUT2D eigenvalue weighted by atomic mass is 10.2. The second-order valence-electron chi connectivity index (χ2n) is 3.04. The molecular formula is C9H14N2O3S. The molecule has 0 radical (unpaired) electrons. The molecule has 15 heavy (non-hydrogen) atoms. The maximum atomic E-state index is 11.6. The summed E-state index contributed by atoms with van der Waals surface area (Å²) in [5, 5.41) is 8.70. The first-order valence-corrected chi connectivity index (χ1v) is 5.72. The molecular weight excluding hydrogens is 216 g/mol. The number of carboxylic acid groups (broad SMARTS) is 1. The Hall–Kier alpha value is -1.04. The van der Waals surface area contributed by atoms with Crippen molar-refractivity contribution < 1.29 is 14.7 Å². The van der Waals surface area contributed by atoms with E-state index in [9.17, 15) is 9.59 Å². The third kappa shape index (κ3) is 2.71. The van der Waals surface area contributed by atoms with Gasteiger partial charge < -0.3 is 5.11 Å². The van der Waals surface area contributed by atoms with Crippen molar-refractivity contribution in [2.24, 2.45) is 4.99 Å². The summed E-state index contributed by atoms with van der Waals surface area (Å²) in [6.45, 7) is 4.80. The average molecular weight is 230 g/mol. The largest absolute Gasteiger partial charge is 0.480 e. The van der Waals surface area contributed by atoms with Crippen LogP contribution in [0.3, 0.4) is 0 Å². The summed E-state index contributed by atoms with van der Waals surface area (Å²) < 4.78 is 0. The molecule has 1 atom stereocenters. The van der Waals surface area contributed by atoms with Crippen LogP contribution in [-0.2, 0) is 9.59 Å². The van der Waals surface area contributed by atoms with Gasteiger partial charge in [-0.3, -0.25) is 19.5 Å². The molecule has 6 heteroatoms. The van der Waals surface area contributed by atoms with Gasteiger partial charge in [-0.1, -0.05) is 11.8 Å². The molecule has 0 aliphatic carbocycles. The fourth-order valence-corrected chi connectivity index (χ4v) is 2.46. The third-order valence-electron chi connectivity index (χ3n) is 2.02. The molecule has 1 heterocycles. The van der Waals surface area contributed by atoms with E-state index in [-0.39, 0.29) is 12.3 Å². The maximum absolute atomic E-state index is 11.6. The number of hydrogen-bond acceptors (Lipinski definition) is 4. The first kappa shape index (κ1) is 12.0. The molecule has 0 spiro atoms. The van der Waals surface area contributed by atoms with Crippen molar-refractivity contribution in [3.05, 3.63) is 0 Å². The van der Waals surface area contributed by atoms with Crippen LogP contribution < -0.4 is 0 Å². The van der Waals surface area contributed by atoms with Gasteiger partial charge in [-0.05, 0) is 13.8 Å². The highest BCUT2D eigenvalue weighted by Crippen LogP contribution is 2.26. The Bertz CT molecular complexity index is 304. The molecule has 1 N–H and O–H groups in total. The molecule has 1 aliphatic rings. The maximum Gasteiger partial charge on any atom is 0.317 e. The molecule has 0 aromatic heterocycles. The molecule has 0 aromatic rings. The highest BCUT2D eigenvalue weighted by Gasteiger charge is 2.34. The van der Waals surface area contributed by atoms with Crippen molar-refractivity contribution in [1.82, 2.24) is 4.90 Å². The van der Waals surface area contributed by atoms with Crippen molar-refractivity contribution in [3.8, 4) is 0 Å². The molecule has 1 aliphatic heterocycles. The Kier molecular flexibility index (Phi) is 4.14. The van der Waals surface area contributed by atoms with Gasteiger partial charge >= 0.3 is 5.97 Å². The standard InChI is InChI=1S/C9H14N2O3S/c1-3-10-9-11(4-2)7(12)5-6(15-9)8(13)14/h6H,3-5H2,1-2H3,(H,13,14). The fraction of sp³-hybridized carbons (Fsp3) is 0.667. The van der Waals surface area contributed by atoms with Crippen LogP contribution in [0.4, 0.5) is 0 Å². The molecule has 0 saturated carbocycles. The minimum Gasteiger partial charge on any atom is -0.480 e. The van der Waals surface area contributed by atoms with Gasteiger partial charge in [-0.2, -0.15) is 0 Å². The van der Waals surface area contributed by atoms with Crippen LogP contribution in [0.15, 0.2) is 4.99 Å². The minimum absolute atomic E-state index is 0.0522. The lowest BCUT2D eigenvalue weighted by Gasteiger charge is -2.29. The molecule has 1 amide bonds.